The van der Waals surface area contributed by atoms with Crippen molar-refractivity contribution in [3.05, 3.63) is 59.3 Å². The molecule has 2 aliphatic heterocycles. The maximum atomic E-state index is 12.7. The Morgan fingerprint density at radius 1 is 1.00 bits per heavy atom. The van der Waals surface area contributed by atoms with Gasteiger partial charge in [0.1, 0.15) is 6.61 Å². The van der Waals surface area contributed by atoms with E-state index in [9.17, 15) is 24.0 Å². The van der Waals surface area contributed by atoms with E-state index in [1.165, 1.54) is 0 Å². The molecule has 0 aromatic heterocycles. The number of amides is 4. The summed E-state index contributed by atoms with van der Waals surface area (Å²) in [4.78, 5) is 63.7. The predicted molar refractivity (Wildman–Crippen MR) is 122 cm³/mol. The molecule has 10 heteroatoms. The Kier molecular flexibility index (Phi) is 7.28. The molecule has 1 aliphatic carbocycles. The molecule has 4 rings (SSSR count). The van der Waals surface area contributed by atoms with Gasteiger partial charge in [-0.15, -0.1) is 0 Å². The van der Waals surface area contributed by atoms with E-state index in [2.05, 4.69) is 10.6 Å². The van der Waals surface area contributed by atoms with E-state index in [1.807, 2.05) is 18.2 Å². The number of nitrogens with zero attached hydrogens (tertiary/aromatic N) is 1. The van der Waals surface area contributed by atoms with Crippen LogP contribution in [0.3, 0.4) is 0 Å². The van der Waals surface area contributed by atoms with Crippen LogP contribution < -0.4 is 10.6 Å². The minimum Gasteiger partial charge on any atom is -0.463 e. The summed E-state index contributed by atoms with van der Waals surface area (Å²) in [6.45, 7) is 1.34. The third-order valence-corrected chi connectivity index (χ3v) is 6.30. The summed E-state index contributed by atoms with van der Waals surface area (Å²) in [5, 5.41) is 5.23. The number of imide groups is 1. The van der Waals surface area contributed by atoms with Crippen molar-refractivity contribution in [3.63, 3.8) is 0 Å². The van der Waals surface area contributed by atoms with E-state index in [1.54, 1.807) is 31.2 Å². The molecule has 2 N–H and O–H groups in total. The van der Waals surface area contributed by atoms with Crippen molar-refractivity contribution in [2.75, 3.05) is 19.8 Å². The standard InChI is InChI=1S/C25H27N3O7/c1-2-34-24(32)20-18(26-25(33)27-21(20)15-8-4-3-5-9-15)14-35-19(29)12-13-28-22(30)16-10-6-7-11-17(16)23(28)31/h3-9,16-17,21H,2,10-14H2,1H3,(H2,26,27,33)/t16-,17+,21-/m0/s1. The molecule has 1 fully saturated rings. The van der Waals surface area contributed by atoms with Crippen molar-refractivity contribution in [2.45, 2.75) is 32.2 Å². The first-order valence-electron chi connectivity index (χ1n) is 11.6. The van der Waals surface area contributed by atoms with Crippen LogP contribution in [0.5, 0.6) is 0 Å². The fourth-order valence-electron chi connectivity index (χ4n) is 4.59. The fourth-order valence-corrected chi connectivity index (χ4v) is 4.59. The molecule has 3 aliphatic rings. The number of urea groups is 1. The van der Waals surface area contributed by atoms with Crippen LogP contribution in [0.4, 0.5) is 4.79 Å². The number of hydrogen-bond acceptors (Lipinski definition) is 7. The lowest BCUT2D eigenvalue weighted by atomic mass is 9.85. The second-order valence-electron chi connectivity index (χ2n) is 8.45. The number of carbonyl (C=O) groups excluding carboxylic acids is 5. The molecule has 184 valence electrons. The summed E-state index contributed by atoms with van der Waals surface area (Å²) in [6, 6.07) is 7.55. The highest BCUT2D eigenvalue weighted by atomic mass is 16.5. The molecule has 4 amide bonds. The Balaban J connectivity index is 1.43. The van der Waals surface area contributed by atoms with E-state index in [4.69, 9.17) is 9.47 Å². The van der Waals surface area contributed by atoms with Gasteiger partial charge in [-0.2, -0.15) is 0 Å². The molecule has 0 bridgehead atoms. The fraction of sp³-hybridized carbons (Fsp3) is 0.400. The van der Waals surface area contributed by atoms with Gasteiger partial charge in [-0.05, 0) is 25.3 Å². The number of allylic oxidation sites excluding steroid dienone is 2. The summed E-state index contributed by atoms with van der Waals surface area (Å²) in [7, 11) is 0. The zero-order valence-corrected chi connectivity index (χ0v) is 19.3. The van der Waals surface area contributed by atoms with Crippen LogP contribution in [0.25, 0.3) is 0 Å². The van der Waals surface area contributed by atoms with Gasteiger partial charge in [0.05, 0.1) is 42.2 Å². The lowest BCUT2D eigenvalue weighted by molar-refractivity contribution is -0.146. The number of ether oxygens (including phenoxy) is 2. The molecule has 0 saturated carbocycles. The quantitative estimate of drug-likeness (QED) is 0.328. The van der Waals surface area contributed by atoms with Crippen LogP contribution in [0.15, 0.2) is 53.8 Å². The number of rotatable bonds is 8. The van der Waals surface area contributed by atoms with Crippen molar-refractivity contribution in [2.24, 2.45) is 11.8 Å². The number of benzene rings is 1. The minimum atomic E-state index is -0.783. The van der Waals surface area contributed by atoms with Crippen molar-refractivity contribution in [1.29, 1.82) is 0 Å². The molecule has 0 spiro atoms. The molecule has 1 saturated heterocycles. The van der Waals surface area contributed by atoms with Crippen LogP contribution in [0.2, 0.25) is 0 Å². The molecular weight excluding hydrogens is 454 g/mol. The van der Waals surface area contributed by atoms with Gasteiger partial charge in [0, 0.05) is 6.54 Å². The van der Waals surface area contributed by atoms with Crippen molar-refractivity contribution >= 4 is 29.8 Å². The second kappa shape index (κ2) is 10.5. The molecule has 1 aromatic carbocycles. The first-order valence-corrected chi connectivity index (χ1v) is 11.6. The first-order chi connectivity index (χ1) is 16.9. The third kappa shape index (κ3) is 5.11. The topological polar surface area (TPSA) is 131 Å². The van der Waals surface area contributed by atoms with Crippen LogP contribution in [-0.4, -0.2) is 54.4 Å². The van der Waals surface area contributed by atoms with E-state index < -0.39 is 24.0 Å². The highest BCUT2D eigenvalue weighted by Crippen LogP contribution is 2.35. The van der Waals surface area contributed by atoms with Gasteiger partial charge in [0.25, 0.3) is 0 Å². The molecule has 2 heterocycles. The average molecular weight is 482 g/mol. The monoisotopic (exact) mass is 481 g/mol. The molecule has 3 atom stereocenters. The lowest BCUT2D eigenvalue weighted by Gasteiger charge is -2.29. The van der Waals surface area contributed by atoms with Crippen LogP contribution >= 0.6 is 0 Å². The third-order valence-electron chi connectivity index (χ3n) is 6.30. The zero-order chi connectivity index (χ0) is 24.9. The van der Waals surface area contributed by atoms with E-state index in [0.29, 0.717) is 18.4 Å². The van der Waals surface area contributed by atoms with Crippen molar-refractivity contribution < 1.29 is 33.4 Å². The number of nitrogens with one attached hydrogen (secondary N) is 2. The minimum absolute atomic E-state index is 0.0756. The van der Waals surface area contributed by atoms with E-state index >= 15 is 0 Å². The maximum absolute atomic E-state index is 12.7. The van der Waals surface area contributed by atoms with E-state index in [-0.39, 0.29) is 61.1 Å². The predicted octanol–water partition coefficient (Wildman–Crippen LogP) is 1.74. The Morgan fingerprint density at radius 2 is 1.66 bits per heavy atom. The molecule has 35 heavy (non-hydrogen) atoms. The van der Waals surface area contributed by atoms with Gasteiger partial charge in [-0.1, -0.05) is 42.5 Å². The first kappa shape index (κ1) is 24.2. The number of esters is 2. The average Bonchev–Trinajstić information content (AvgIpc) is 3.11. The summed E-state index contributed by atoms with van der Waals surface area (Å²) in [5.74, 6) is -2.56. The molecule has 1 aromatic rings. The smallest absolute Gasteiger partial charge is 0.338 e. The van der Waals surface area contributed by atoms with Crippen molar-refractivity contribution in [1.82, 2.24) is 15.5 Å². The normalized spacial score (nSPS) is 23.5. The maximum Gasteiger partial charge on any atom is 0.338 e. The van der Waals surface area contributed by atoms with Crippen LogP contribution in [0, 0.1) is 11.8 Å². The van der Waals surface area contributed by atoms with Crippen LogP contribution in [-0.2, 0) is 28.7 Å². The highest BCUT2D eigenvalue weighted by Gasteiger charge is 2.47. The Labute approximate surface area is 202 Å². The SMILES string of the molecule is CCOC(=O)C1=C(COC(=O)CCN2C(=O)[C@H]3CC=CC[C@H]3C2=O)NC(=O)N[C@H]1c1ccccc1. The van der Waals surface area contributed by atoms with Gasteiger partial charge in [0.2, 0.25) is 11.8 Å². The van der Waals surface area contributed by atoms with Crippen LogP contribution in [0.1, 0.15) is 37.8 Å². The van der Waals surface area contributed by atoms with Gasteiger partial charge in [0.15, 0.2) is 0 Å². The highest BCUT2D eigenvalue weighted by molar-refractivity contribution is 6.05. The largest absolute Gasteiger partial charge is 0.463 e. The number of hydrogen-bond donors (Lipinski definition) is 2. The number of likely N-dealkylation sites (tertiary alicyclic amines) is 1. The lowest BCUT2D eigenvalue weighted by Crippen LogP contribution is -2.47. The molecular formula is C25H27N3O7. The summed E-state index contributed by atoms with van der Waals surface area (Å²) < 4.78 is 10.5. The van der Waals surface area contributed by atoms with Gasteiger partial charge in [-0.25, -0.2) is 9.59 Å². The zero-order valence-electron chi connectivity index (χ0n) is 19.3. The Morgan fingerprint density at radius 3 is 2.29 bits per heavy atom. The Hall–Kier alpha value is -3.95. The van der Waals surface area contributed by atoms with E-state index in [0.717, 1.165) is 4.90 Å². The van der Waals surface area contributed by atoms with Gasteiger partial charge in [-0.3, -0.25) is 19.3 Å². The molecule has 10 nitrogen and oxygen atoms in total. The molecule has 0 radical (unpaired) electrons. The second-order valence-corrected chi connectivity index (χ2v) is 8.45. The number of fused-ring (bicyclic) bond motifs is 1. The summed E-state index contributed by atoms with van der Waals surface area (Å²) >= 11 is 0. The summed E-state index contributed by atoms with van der Waals surface area (Å²) in [6.07, 6.45) is 4.65. The van der Waals surface area contributed by atoms with Gasteiger partial charge < -0.3 is 20.1 Å². The van der Waals surface area contributed by atoms with Gasteiger partial charge >= 0.3 is 18.0 Å². The summed E-state index contributed by atoms with van der Waals surface area (Å²) in [5.41, 5.74) is 0.906. The number of carbonyl (C=O) groups is 5. The van der Waals surface area contributed by atoms with Crippen molar-refractivity contribution in [3.8, 4) is 0 Å². The Bertz CT molecular complexity index is 1070. The molecule has 0 unspecified atom stereocenters.